The highest BCUT2D eigenvalue weighted by Crippen LogP contribution is 2.29. The molecular formula is C16H19FN2O3. The minimum absolute atomic E-state index is 0.0513. The van der Waals surface area contributed by atoms with Gasteiger partial charge in [0.2, 0.25) is 0 Å². The van der Waals surface area contributed by atoms with Crippen molar-refractivity contribution >= 4 is 22.6 Å². The van der Waals surface area contributed by atoms with Gasteiger partial charge in [-0.25, -0.2) is 4.39 Å². The summed E-state index contributed by atoms with van der Waals surface area (Å²) in [6.45, 7) is 2.37. The Balaban J connectivity index is 2.55. The molecule has 2 rings (SSSR count). The van der Waals surface area contributed by atoms with Crippen LogP contribution in [0.5, 0.6) is 0 Å². The average molecular weight is 306 g/mol. The molecule has 1 aromatic carbocycles. The number of hydrogen-bond donors (Lipinski definition) is 2. The van der Waals surface area contributed by atoms with Crippen LogP contribution < -0.4 is 5.32 Å². The molecule has 0 aliphatic heterocycles. The number of carbonyl (C=O) groups excluding carboxylic acids is 1. The van der Waals surface area contributed by atoms with Crippen LogP contribution in [0.3, 0.4) is 0 Å². The van der Waals surface area contributed by atoms with Gasteiger partial charge in [0, 0.05) is 35.5 Å². The predicted octanol–water partition coefficient (Wildman–Crippen LogP) is 2.19. The number of nitrogens with zero attached hydrogens (tertiary/aromatic N) is 1. The monoisotopic (exact) mass is 306 g/mol. The molecule has 0 radical (unpaired) electrons. The zero-order chi connectivity index (χ0) is 16.1. The number of fused-ring (bicyclic) bond motifs is 1. The van der Waals surface area contributed by atoms with Crippen molar-refractivity contribution in [1.82, 2.24) is 4.98 Å². The van der Waals surface area contributed by atoms with Crippen LogP contribution in [0, 0.1) is 12.7 Å². The Morgan fingerprint density at radius 3 is 2.91 bits per heavy atom. The van der Waals surface area contributed by atoms with Gasteiger partial charge in [0.25, 0.3) is 0 Å². The standard InChI is InChI=1S/C16H19FN2O3/c1-10-12(9-15(21)22-2)16(18-6-3-7-20)13-8-11(17)4-5-14(13)19-10/h4-5,8,20H,3,6-7,9H2,1-2H3,(H,18,19). The van der Waals surface area contributed by atoms with Gasteiger partial charge < -0.3 is 15.2 Å². The number of anilines is 1. The normalized spacial score (nSPS) is 10.7. The molecule has 0 amide bonds. The number of hydrogen-bond acceptors (Lipinski definition) is 5. The van der Waals surface area contributed by atoms with E-state index in [1.807, 2.05) is 0 Å². The number of rotatable bonds is 6. The van der Waals surface area contributed by atoms with E-state index in [1.54, 1.807) is 13.0 Å². The Kier molecular flexibility index (Phi) is 5.27. The first-order valence-electron chi connectivity index (χ1n) is 7.07. The van der Waals surface area contributed by atoms with Gasteiger partial charge in [-0.1, -0.05) is 0 Å². The quantitative estimate of drug-likeness (QED) is 0.632. The third-order valence-electron chi connectivity index (χ3n) is 3.44. The summed E-state index contributed by atoms with van der Waals surface area (Å²) in [7, 11) is 1.32. The van der Waals surface area contributed by atoms with Crippen LogP contribution in [0.25, 0.3) is 10.9 Å². The lowest BCUT2D eigenvalue weighted by Crippen LogP contribution is -2.13. The number of esters is 1. The predicted molar refractivity (Wildman–Crippen MR) is 82.4 cm³/mol. The second-order valence-electron chi connectivity index (χ2n) is 4.97. The average Bonchev–Trinajstić information content (AvgIpc) is 2.50. The summed E-state index contributed by atoms with van der Waals surface area (Å²) in [5.41, 5.74) is 2.69. The number of pyridine rings is 1. The van der Waals surface area contributed by atoms with Crippen LogP contribution in [0.1, 0.15) is 17.7 Å². The molecule has 0 saturated carbocycles. The molecule has 118 valence electrons. The topological polar surface area (TPSA) is 71.5 Å². The lowest BCUT2D eigenvalue weighted by molar-refractivity contribution is -0.139. The van der Waals surface area contributed by atoms with E-state index in [9.17, 15) is 9.18 Å². The molecule has 1 heterocycles. The number of aliphatic hydroxyl groups excluding tert-OH is 1. The molecular weight excluding hydrogens is 287 g/mol. The summed E-state index contributed by atoms with van der Waals surface area (Å²) in [6, 6.07) is 4.35. The fourth-order valence-electron chi connectivity index (χ4n) is 2.32. The van der Waals surface area contributed by atoms with Crippen LogP contribution >= 0.6 is 0 Å². The first-order chi connectivity index (χ1) is 10.6. The van der Waals surface area contributed by atoms with Crippen molar-refractivity contribution in [3.05, 3.63) is 35.3 Å². The first kappa shape index (κ1) is 16.2. The minimum Gasteiger partial charge on any atom is -0.469 e. The van der Waals surface area contributed by atoms with Crippen LogP contribution in [0.4, 0.5) is 10.1 Å². The zero-order valence-electron chi connectivity index (χ0n) is 12.6. The van der Waals surface area contributed by atoms with E-state index in [4.69, 9.17) is 9.84 Å². The number of halogens is 1. The number of methoxy groups -OCH3 is 1. The van der Waals surface area contributed by atoms with Crippen molar-refractivity contribution < 1.29 is 19.0 Å². The third-order valence-corrected chi connectivity index (χ3v) is 3.44. The molecule has 0 atom stereocenters. The first-order valence-corrected chi connectivity index (χ1v) is 7.07. The molecule has 2 aromatic rings. The number of aryl methyl sites for hydroxylation is 1. The number of aliphatic hydroxyl groups is 1. The fourth-order valence-corrected chi connectivity index (χ4v) is 2.32. The second-order valence-corrected chi connectivity index (χ2v) is 4.97. The molecule has 0 aliphatic carbocycles. The Morgan fingerprint density at radius 1 is 1.45 bits per heavy atom. The molecule has 0 bridgehead atoms. The summed E-state index contributed by atoms with van der Waals surface area (Å²) >= 11 is 0. The smallest absolute Gasteiger partial charge is 0.310 e. The molecule has 0 unspecified atom stereocenters. The Labute approximate surface area is 128 Å². The highest BCUT2D eigenvalue weighted by molar-refractivity contribution is 5.95. The molecule has 1 aromatic heterocycles. The Hall–Kier alpha value is -2.21. The summed E-state index contributed by atoms with van der Waals surface area (Å²) in [6.07, 6.45) is 0.610. The summed E-state index contributed by atoms with van der Waals surface area (Å²) < 4.78 is 18.3. The highest BCUT2D eigenvalue weighted by atomic mass is 19.1. The summed E-state index contributed by atoms with van der Waals surface area (Å²) in [5, 5.41) is 12.7. The van der Waals surface area contributed by atoms with Crippen LogP contribution in [-0.2, 0) is 16.0 Å². The van der Waals surface area contributed by atoms with Crippen molar-refractivity contribution in [3.8, 4) is 0 Å². The maximum atomic E-state index is 13.6. The largest absolute Gasteiger partial charge is 0.469 e. The lowest BCUT2D eigenvalue weighted by Gasteiger charge is -2.16. The molecule has 2 N–H and O–H groups in total. The van der Waals surface area contributed by atoms with E-state index in [0.717, 1.165) is 0 Å². The van der Waals surface area contributed by atoms with E-state index in [0.29, 0.717) is 40.8 Å². The van der Waals surface area contributed by atoms with E-state index in [2.05, 4.69) is 10.3 Å². The van der Waals surface area contributed by atoms with E-state index >= 15 is 0 Å². The maximum absolute atomic E-state index is 13.6. The molecule has 6 heteroatoms. The minimum atomic E-state index is -0.383. The van der Waals surface area contributed by atoms with Gasteiger partial charge in [0.05, 0.1) is 19.0 Å². The highest BCUT2D eigenvalue weighted by Gasteiger charge is 2.16. The van der Waals surface area contributed by atoms with Gasteiger partial charge in [-0.15, -0.1) is 0 Å². The van der Waals surface area contributed by atoms with Gasteiger partial charge >= 0.3 is 5.97 Å². The number of carbonyl (C=O) groups is 1. The lowest BCUT2D eigenvalue weighted by atomic mass is 10.0. The van der Waals surface area contributed by atoms with Crippen molar-refractivity contribution in [3.63, 3.8) is 0 Å². The van der Waals surface area contributed by atoms with Gasteiger partial charge in [-0.2, -0.15) is 0 Å². The molecule has 22 heavy (non-hydrogen) atoms. The van der Waals surface area contributed by atoms with Gasteiger partial charge in [-0.05, 0) is 31.5 Å². The van der Waals surface area contributed by atoms with E-state index < -0.39 is 0 Å². The van der Waals surface area contributed by atoms with Crippen LogP contribution in [0.15, 0.2) is 18.2 Å². The zero-order valence-corrected chi connectivity index (χ0v) is 12.6. The molecule has 0 saturated heterocycles. The van der Waals surface area contributed by atoms with Crippen LogP contribution in [0.2, 0.25) is 0 Å². The molecule has 0 spiro atoms. The van der Waals surface area contributed by atoms with Crippen LogP contribution in [-0.4, -0.2) is 36.3 Å². The fraction of sp³-hybridized carbons (Fsp3) is 0.375. The van der Waals surface area contributed by atoms with Gasteiger partial charge in [0.1, 0.15) is 5.82 Å². The van der Waals surface area contributed by atoms with E-state index in [1.165, 1.54) is 19.2 Å². The summed E-state index contributed by atoms with van der Waals surface area (Å²) in [4.78, 5) is 16.1. The van der Waals surface area contributed by atoms with E-state index in [-0.39, 0.29) is 24.8 Å². The SMILES string of the molecule is COC(=O)Cc1c(C)nc2ccc(F)cc2c1NCCCO. The third kappa shape index (κ3) is 3.51. The molecule has 0 fully saturated rings. The number of benzene rings is 1. The Bertz CT molecular complexity index is 689. The summed E-state index contributed by atoms with van der Waals surface area (Å²) in [5.74, 6) is -0.752. The number of nitrogens with one attached hydrogen (secondary N) is 1. The van der Waals surface area contributed by atoms with Gasteiger partial charge in [0.15, 0.2) is 0 Å². The Morgan fingerprint density at radius 2 is 2.23 bits per heavy atom. The van der Waals surface area contributed by atoms with Crippen molar-refractivity contribution in [2.45, 2.75) is 19.8 Å². The van der Waals surface area contributed by atoms with Crippen molar-refractivity contribution in [2.75, 3.05) is 25.6 Å². The van der Waals surface area contributed by atoms with Crippen molar-refractivity contribution in [2.24, 2.45) is 0 Å². The number of ether oxygens (including phenoxy) is 1. The van der Waals surface area contributed by atoms with Crippen molar-refractivity contribution in [1.29, 1.82) is 0 Å². The second kappa shape index (κ2) is 7.17. The maximum Gasteiger partial charge on any atom is 0.310 e. The number of aromatic nitrogens is 1. The van der Waals surface area contributed by atoms with Gasteiger partial charge in [-0.3, -0.25) is 9.78 Å². The molecule has 5 nitrogen and oxygen atoms in total. The molecule has 0 aliphatic rings.